The van der Waals surface area contributed by atoms with Gasteiger partial charge in [-0.3, -0.25) is 24.6 Å². The van der Waals surface area contributed by atoms with Crippen LogP contribution < -0.4 is 10.6 Å². The van der Waals surface area contributed by atoms with Gasteiger partial charge in [0, 0.05) is 61.3 Å². The van der Waals surface area contributed by atoms with Gasteiger partial charge in [0.05, 0.1) is 16.0 Å². The standard InChI is InChI=1S/C25H28N4O4/c30-23-9-8-22(24(31)27-23)29-16-20-19(25(29)32)2-1-3-21(20)26-14-17-4-6-18(7-5-17)15-28-10-12-33-13-11-28/h1-7,22,26H,8-16H2,(H,27,30,31)/t22-/m0/s1/i8D2,9D2,14D2. The predicted octanol–water partition coefficient (Wildman–Crippen LogP) is 1.89. The van der Waals surface area contributed by atoms with E-state index in [1.54, 1.807) is 24.3 Å². The summed E-state index contributed by atoms with van der Waals surface area (Å²) in [4.78, 5) is 41.0. The number of benzene rings is 2. The Hall–Kier alpha value is -3.23. The van der Waals surface area contributed by atoms with Crippen LogP contribution in [0, 0.1) is 0 Å². The summed E-state index contributed by atoms with van der Waals surface area (Å²) in [6, 6.07) is 9.84. The summed E-state index contributed by atoms with van der Waals surface area (Å²) in [7, 11) is 0. The Balaban J connectivity index is 1.36. The van der Waals surface area contributed by atoms with Gasteiger partial charge >= 0.3 is 0 Å². The summed E-state index contributed by atoms with van der Waals surface area (Å²) < 4.78 is 55.0. The molecule has 2 fully saturated rings. The summed E-state index contributed by atoms with van der Waals surface area (Å²) in [6.45, 7) is 1.47. The average Bonchev–Trinajstić information content (AvgIpc) is 3.21. The number of morpholine rings is 1. The van der Waals surface area contributed by atoms with Crippen LogP contribution in [0.1, 0.15) is 48.0 Å². The molecular weight excluding hydrogens is 420 g/mol. The molecule has 1 atom stereocenters. The van der Waals surface area contributed by atoms with E-state index in [4.69, 9.17) is 13.0 Å². The van der Waals surface area contributed by atoms with Crippen molar-refractivity contribution < 1.29 is 27.3 Å². The van der Waals surface area contributed by atoms with Crippen molar-refractivity contribution in [3.8, 4) is 0 Å². The second-order valence-corrected chi connectivity index (χ2v) is 8.09. The van der Waals surface area contributed by atoms with Crippen LogP contribution >= 0.6 is 0 Å². The molecule has 3 amide bonds. The van der Waals surface area contributed by atoms with Crippen molar-refractivity contribution >= 4 is 23.4 Å². The summed E-state index contributed by atoms with van der Waals surface area (Å²) in [5, 5.41) is 4.67. The fraction of sp³-hybridized carbons (Fsp3) is 0.400. The number of amides is 3. The quantitative estimate of drug-likeness (QED) is 0.648. The molecular formula is C25H28N4O4. The third kappa shape index (κ3) is 4.62. The van der Waals surface area contributed by atoms with Crippen molar-refractivity contribution in [2.45, 2.75) is 38.4 Å². The predicted molar refractivity (Wildman–Crippen MR) is 122 cm³/mol. The number of piperidine rings is 1. The third-order valence-corrected chi connectivity index (χ3v) is 5.92. The van der Waals surface area contributed by atoms with Crippen molar-refractivity contribution in [2.24, 2.45) is 0 Å². The van der Waals surface area contributed by atoms with Crippen LogP contribution in [0.3, 0.4) is 0 Å². The zero-order valence-corrected chi connectivity index (χ0v) is 17.9. The molecule has 33 heavy (non-hydrogen) atoms. The van der Waals surface area contributed by atoms with Gasteiger partial charge in [-0.25, -0.2) is 0 Å². The molecule has 3 heterocycles. The van der Waals surface area contributed by atoms with E-state index in [1.165, 1.54) is 6.07 Å². The van der Waals surface area contributed by atoms with E-state index < -0.39 is 43.0 Å². The first-order valence-electron chi connectivity index (χ1n) is 13.8. The molecule has 0 aliphatic carbocycles. The lowest BCUT2D eigenvalue weighted by Crippen LogP contribution is -2.52. The molecule has 0 radical (unpaired) electrons. The number of rotatable bonds is 6. The fourth-order valence-corrected chi connectivity index (χ4v) is 4.16. The molecule has 2 N–H and O–H groups in total. The number of hydrogen-bond acceptors (Lipinski definition) is 6. The summed E-state index contributed by atoms with van der Waals surface area (Å²) >= 11 is 0. The van der Waals surface area contributed by atoms with Gasteiger partial charge in [0.1, 0.15) is 6.04 Å². The Morgan fingerprint density at radius 2 is 1.85 bits per heavy atom. The van der Waals surface area contributed by atoms with Crippen LogP contribution in [0.15, 0.2) is 42.5 Å². The number of imide groups is 1. The number of fused-ring (bicyclic) bond motifs is 1. The van der Waals surface area contributed by atoms with Crippen LogP contribution in [0.25, 0.3) is 0 Å². The number of nitrogens with zero attached hydrogens (tertiary/aromatic N) is 2. The first-order valence-corrected chi connectivity index (χ1v) is 10.8. The Labute approximate surface area is 201 Å². The third-order valence-electron chi connectivity index (χ3n) is 5.92. The first-order chi connectivity index (χ1) is 18.3. The smallest absolute Gasteiger partial charge is 0.255 e. The van der Waals surface area contributed by atoms with E-state index in [-0.39, 0.29) is 17.8 Å². The summed E-state index contributed by atoms with van der Waals surface area (Å²) in [5.41, 5.74) is 2.16. The molecule has 3 aliphatic heterocycles. The SMILES string of the molecule is [2H]C([2H])(Nc1cccc2c1CN([C@@H]1C(=O)NC(=O)C([2H])([2H])C1([2H])[2H])C2=O)c1ccc(CN2CCOCC2)cc1. The molecule has 8 nitrogen and oxygen atoms in total. The molecule has 0 spiro atoms. The monoisotopic (exact) mass is 454 g/mol. The minimum atomic E-state index is -3.05. The van der Waals surface area contributed by atoms with Gasteiger partial charge in [-0.2, -0.15) is 0 Å². The molecule has 0 saturated carbocycles. The molecule has 2 aromatic carbocycles. The van der Waals surface area contributed by atoms with Gasteiger partial charge < -0.3 is 15.0 Å². The van der Waals surface area contributed by atoms with Crippen molar-refractivity contribution in [1.82, 2.24) is 15.1 Å². The van der Waals surface area contributed by atoms with Crippen molar-refractivity contribution in [3.05, 3.63) is 64.7 Å². The molecule has 3 aliphatic rings. The number of carbonyl (C=O) groups excluding carboxylic acids is 3. The Bertz CT molecular complexity index is 1310. The highest BCUT2D eigenvalue weighted by Gasteiger charge is 2.39. The molecule has 2 aromatic rings. The van der Waals surface area contributed by atoms with E-state index in [9.17, 15) is 14.4 Å². The Kier molecular flexibility index (Phi) is 4.40. The maximum absolute atomic E-state index is 13.2. The number of anilines is 1. The van der Waals surface area contributed by atoms with Crippen molar-refractivity contribution in [1.29, 1.82) is 0 Å². The average molecular weight is 455 g/mol. The highest BCUT2D eigenvalue weighted by atomic mass is 16.5. The lowest BCUT2D eigenvalue weighted by molar-refractivity contribution is -0.136. The number of ether oxygens (including phenoxy) is 1. The van der Waals surface area contributed by atoms with Gasteiger partial charge in [0.2, 0.25) is 11.8 Å². The molecule has 8 heteroatoms. The van der Waals surface area contributed by atoms with E-state index in [0.717, 1.165) is 30.1 Å². The largest absolute Gasteiger partial charge is 0.381 e. The second kappa shape index (κ2) is 9.33. The highest BCUT2D eigenvalue weighted by molar-refractivity contribution is 6.06. The first kappa shape index (κ1) is 15.6. The van der Waals surface area contributed by atoms with Crippen LogP contribution in [0.5, 0.6) is 0 Å². The lowest BCUT2D eigenvalue weighted by Gasteiger charge is -2.29. The van der Waals surface area contributed by atoms with Gasteiger partial charge in [0.25, 0.3) is 5.91 Å². The normalized spacial score (nSPS) is 27.3. The topological polar surface area (TPSA) is 91.0 Å². The van der Waals surface area contributed by atoms with E-state index in [0.29, 0.717) is 24.3 Å². The molecule has 2 saturated heterocycles. The number of nitrogens with one attached hydrogen (secondary N) is 2. The molecule has 172 valence electrons. The van der Waals surface area contributed by atoms with Gasteiger partial charge in [0.15, 0.2) is 0 Å². The minimum Gasteiger partial charge on any atom is -0.381 e. The molecule has 0 unspecified atom stereocenters. The summed E-state index contributed by atoms with van der Waals surface area (Å²) in [6.07, 6.45) is -6.04. The van der Waals surface area contributed by atoms with Gasteiger partial charge in [-0.1, -0.05) is 30.3 Å². The maximum Gasteiger partial charge on any atom is 0.255 e. The number of hydrogen-bond donors (Lipinski definition) is 2. The van der Waals surface area contributed by atoms with Crippen molar-refractivity contribution in [2.75, 3.05) is 31.6 Å². The van der Waals surface area contributed by atoms with Crippen LogP contribution in [0.2, 0.25) is 0 Å². The Morgan fingerprint density at radius 3 is 2.64 bits per heavy atom. The lowest BCUT2D eigenvalue weighted by atomic mass is 10.0. The summed E-state index contributed by atoms with van der Waals surface area (Å²) in [5.74, 6) is -3.22. The van der Waals surface area contributed by atoms with Gasteiger partial charge in [-0.05, 0) is 29.6 Å². The second-order valence-electron chi connectivity index (χ2n) is 8.09. The van der Waals surface area contributed by atoms with Crippen LogP contribution in [-0.4, -0.2) is 59.9 Å². The van der Waals surface area contributed by atoms with Crippen LogP contribution in [-0.2, 0) is 33.9 Å². The van der Waals surface area contributed by atoms with Gasteiger partial charge in [-0.15, -0.1) is 0 Å². The highest BCUT2D eigenvalue weighted by Crippen LogP contribution is 2.32. The molecule has 5 rings (SSSR count). The molecule has 0 aromatic heterocycles. The minimum absolute atomic E-state index is 0.137. The fourth-order valence-electron chi connectivity index (χ4n) is 4.16. The zero-order chi connectivity index (χ0) is 28.2. The zero-order valence-electron chi connectivity index (χ0n) is 23.9. The number of carbonyl (C=O) groups is 3. The van der Waals surface area contributed by atoms with Crippen LogP contribution in [0.4, 0.5) is 5.69 Å². The maximum atomic E-state index is 13.2. The van der Waals surface area contributed by atoms with E-state index in [1.807, 2.05) is 17.4 Å². The van der Waals surface area contributed by atoms with Crippen molar-refractivity contribution in [3.63, 3.8) is 0 Å². The van der Waals surface area contributed by atoms with E-state index in [2.05, 4.69) is 10.2 Å². The Morgan fingerprint density at radius 1 is 1.09 bits per heavy atom. The molecule has 0 bridgehead atoms. The van der Waals surface area contributed by atoms with E-state index >= 15 is 0 Å².